The summed E-state index contributed by atoms with van der Waals surface area (Å²) in [5.74, 6) is 0.573. The van der Waals surface area contributed by atoms with Crippen LogP contribution in [0.5, 0.6) is 0 Å². The number of piperazine rings is 1. The summed E-state index contributed by atoms with van der Waals surface area (Å²) >= 11 is 0. The number of nitrogens with one attached hydrogen (secondary N) is 3. The molecule has 5 rings (SSSR count). The number of aromatic amines is 1. The maximum absolute atomic E-state index is 14.0. The summed E-state index contributed by atoms with van der Waals surface area (Å²) in [6.45, 7) is 15.4. The van der Waals surface area contributed by atoms with Crippen molar-refractivity contribution in [2.45, 2.75) is 72.4 Å². The van der Waals surface area contributed by atoms with Gasteiger partial charge in [0.05, 0.1) is 5.41 Å². The molecular formula is C33H42N6O3. The van der Waals surface area contributed by atoms with Crippen molar-refractivity contribution in [3.05, 3.63) is 74.8 Å². The molecule has 1 aromatic carbocycles. The first-order chi connectivity index (χ1) is 20.0. The normalized spacial score (nSPS) is 16.2. The van der Waals surface area contributed by atoms with E-state index in [4.69, 9.17) is 4.98 Å². The molecule has 2 aliphatic heterocycles. The highest BCUT2D eigenvalue weighted by atomic mass is 16.2. The van der Waals surface area contributed by atoms with Crippen molar-refractivity contribution >= 4 is 23.3 Å². The van der Waals surface area contributed by atoms with Gasteiger partial charge < -0.3 is 25.4 Å². The van der Waals surface area contributed by atoms with Crippen LogP contribution in [0.15, 0.2) is 41.3 Å². The minimum absolute atomic E-state index is 0.0360. The fourth-order valence-corrected chi connectivity index (χ4v) is 6.22. The Kier molecular flexibility index (Phi) is 8.23. The number of aromatic nitrogens is 2. The van der Waals surface area contributed by atoms with E-state index in [2.05, 4.69) is 27.4 Å². The highest BCUT2D eigenvalue weighted by molar-refractivity contribution is 6.13. The van der Waals surface area contributed by atoms with E-state index in [0.29, 0.717) is 16.7 Å². The van der Waals surface area contributed by atoms with Crippen LogP contribution >= 0.6 is 0 Å². The summed E-state index contributed by atoms with van der Waals surface area (Å²) in [5.41, 5.74) is 4.81. The van der Waals surface area contributed by atoms with E-state index in [1.807, 2.05) is 71.1 Å². The molecular weight excluding hydrogens is 528 g/mol. The van der Waals surface area contributed by atoms with Crippen molar-refractivity contribution in [1.82, 2.24) is 20.6 Å². The number of hydrogen-bond donors (Lipinski definition) is 3. The van der Waals surface area contributed by atoms with Crippen molar-refractivity contribution in [2.24, 2.45) is 0 Å². The minimum atomic E-state index is -0.885. The van der Waals surface area contributed by atoms with Crippen molar-refractivity contribution < 1.29 is 9.59 Å². The summed E-state index contributed by atoms with van der Waals surface area (Å²) in [7, 11) is 0. The van der Waals surface area contributed by atoms with Crippen LogP contribution in [0.3, 0.4) is 0 Å². The molecule has 0 atom stereocenters. The van der Waals surface area contributed by atoms with Gasteiger partial charge in [-0.1, -0.05) is 13.3 Å². The Morgan fingerprint density at radius 2 is 1.83 bits per heavy atom. The number of amides is 2. The average Bonchev–Trinajstić information content (AvgIpc) is 3.17. The monoisotopic (exact) mass is 570 g/mol. The van der Waals surface area contributed by atoms with Gasteiger partial charge in [-0.2, -0.15) is 0 Å². The van der Waals surface area contributed by atoms with Crippen LogP contribution in [-0.4, -0.2) is 54.0 Å². The van der Waals surface area contributed by atoms with Crippen LogP contribution in [0, 0.1) is 6.92 Å². The second-order valence-electron chi connectivity index (χ2n) is 12.2. The maximum Gasteiger partial charge on any atom is 0.253 e. The van der Waals surface area contributed by atoms with Gasteiger partial charge in [0.15, 0.2) is 0 Å². The first kappa shape index (κ1) is 29.5. The van der Waals surface area contributed by atoms with Crippen LogP contribution in [0.1, 0.15) is 73.8 Å². The quantitative estimate of drug-likeness (QED) is 0.377. The highest BCUT2D eigenvalue weighted by Crippen LogP contribution is 2.46. The molecule has 42 heavy (non-hydrogen) atoms. The van der Waals surface area contributed by atoms with Gasteiger partial charge in [-0.3, -0.25) is 14.4 Å². The molecule has 0 spiro atoms. The summed E-state index contributed by atoms with van der Waals surface area (Å²) in [5, 5.41) is 6.38. The molecule has 2 amide bonds. The van der Waals surface area contributed by atoms with Crippen molar-refractivity contribution in [1.29, 1.82) is 0 Å². The number of anilines is 2. The second kappa shape index (κ2) is 11.7. The molecule has 0 bridgehead atoms. The number of carbonyl (C=O) groups excluding carboxylic acids is 2. The molecule has 3 aromatic rings. The molecule has 4 heterocycles. The van der Waals surface area contributed by atoms with Gasteiger partial charge in [0.1, 0.15) is 5.82 Å². The van der Waals surface area contributed by atoms with Gasteiger partial charge in [0, 0.05) is 78.6 Å². The van der Waals surface area contributed by atoms with Gasteiger partial charge in [-0.05, 0) is 82.5 Å². The Balaban J connectivity index is 1.55. The lowest BCUT2D eigenvalue weighted by Crippen LogP contribution is -2.43. The lowest BCUT2D eigenvalue weighted by molar-refractivity contribution is -0.122. The van der Waals surface area contributed by atoms with E-state index in [-0.39, 0.29) is 30.0 Å². The molecule has 3 N–H and O–H groups in total. The Hall–Kier alpha value is -3.98. The number of benzene rings is 1. The van der Waals surface area contributed by atoms with Crippen LogP contribution in [0.25, 0.3) is 11.1 Å². The van der Waals surface area contributed by atoms with Crippen LogP contribution in [-0.2, 0) is 23.2 Å². The van der Waals surface area contributed by atoms with Crippen molar-refractivity contribution in [2.75, 3.05) is 36.0 Å². The van der Waals surface area contributed by atoms with Crippen molar-refractivity contribution in [3.8, 4) is 11.1 Å². The first-order valence-corrected chi connectivity index (χ1v) is 15.0. The SMILES string of the molecule is CCCc1cc(C)[nH]c(=O)c1CNC(=O)c1cc(-c2ccc(N3CCNCC3)nc2)cc2c1C(C)(C)C(=O)N2C(C)C. The third-order valence-corrected chi connectivity index (χ3v) is 8.35. The fourth-order valence-electron chi connectivity index (χ4n) is 6.22. The number of H-pyrrole nitrogens is 1. The number of pyridine rings is 2. The Morgan fingerprint density at radius 1 is 1.10 bits per heavy atom. The molecule has 2 aliphatic rings. The summed E-state index contributed by atoms with van der Waals surface area (Å²) in [4.78, 5) is 52.1. The Bertz CT molecular complexity index is 1550. The zero-order valence-corrected chi connectivity index (χ0v) is 25.6. The standard InChI is InChI=1S/C33H42N6O3/c1-7-8-22-15-21(4)37-31(41)26(22)19-36-30(40)25-16-24(17-27-29(25)33(5,6)32(42)39(27)20(2)3)23-9-10-28(35-18-23)38-13-11-34-12-14-38/h9-10,15-18,20,34H,7-8,11-14,19H2,1-6H3,(H,36,40)(H,37,41). The number of aryl methyl sites for hydroxylation is 2. The molecule has 1 fully saturated rings. The van der Waals surface area contributed by atoms with Gasteiger partial charge in [0.2, 0.25) is 5.91 Å². The number of fused-ring (bicyclic) bond motifs is 1. The fraction of sp³-hybridized carbons (Fsp3) is 0.455. The lowest BCUT2D eigenvalue weighted by Gasteiger charge is -2.28. The number of hydrogen-bond acceptors (Lipinski definition) is 6. The van der Waals surface area contributed by atoms with E-state index in [0.717, 1.165) is 72.9 Å². The Morgan fingerprint density at radius 3 is 2.48 bits per heavy atom. The van der Waals surface area contributed by atoms with Crippen LogP contribution in [0.2, 0.25) is 0 Å². The third kappa shape index (κ3) is 5.45. The number of carbonyl (C=O) groups is 2. The molecule has 1 saturated heterocycles. The molecule has 2 aromatic heterocycles. The molecule has 0 saturated carbocycles. The zero-order valence-electron chi connectivity index (χ0n) is 25.6. The van der Waals surface area contributed by atoms with E-state index >= 15 is 0 Å². The van der Waals surface area contributed by atoms with Crippen LogP contribution < -0.4 is 26.0 Å². The van der Waals surface area contributed by atoms with Crippen molar-refractivity contribution in [3.63, 3.8) is 0 Å². The second-order valence-corrected chi connectivity index (χ2v) is 12.2. The molecule has 0 radical (unpaired) electrons. The third-order valence-electron chi connectivity index (χ3n) is 8.35. The molecule has 0 aliphatic carbocycles. The largest absolute Gasteiger partial charge is 0.354 e. The lowest BCUT2D eigenvalue weighted by atomic mass is 9.81. The van der Waals surface area contributed by atoms with E-state index in [1.165, 1.54) is 0 Å². The smallest absolute Gasteiger partial charge is 0.253 e. The summed E-state index contributed by atoms with van der Waals surface area (Å²) in [6.07, 6.45) is 3.48. The topological polar surface area (TPSA) is 110 Å². The summed E-state index contributed by atoms with van der Waals surface area (Å²) < 4.78 is 0. The molecule has 222 valence electrons. The van der Waals surface area contributed by atoms with E-state index < -0.39 is 5.41 Å². The number of rotatable bonds is 8. The Labute approximate surface area is 247 Å². The predicted molar refractivity (Wildman–Crippen MR) is 167 cm³/mol. The predicted octanol–water partition coefficient (Wildman–Crippen LogP) is 4.07. The highest BCUT2D eigenvalue weighted by Gasteiger charge is 2.47. The van der Waals surface area contributed by atoms with Gasteiger partial charge in [-0.15, -0.1) is 0 Å². The molecule has 9 nitrogen and oxygen atoms in total. The average molecular weight is 571 g/mol. The van der Waals surface area contributed by atoms with Gasteiger partial charge in [0.25, 0.3) is 11.5 Å². The number of nitrogens with zero attached hydrogens (tertiary/aromatic N) is 3. The molecule has 0 unspecified atom stereocenters. The minimum Gasteiger partial charge on any atom is -0.354 e. The summed E-state index contributed by atoms with van der Waals surface area (Å²) in [6, 6.07) is 9.80. The van der Waals surface area contributed by atoms with Crippen LogP contribution in [0.4, 0.5) is 11.5 Å². The van der Waals surface area contributed by atoms with E-state index in [1.54, 1.807) is 4.90 Å². The maximum atomic E-state index is 14.0. The van der Waals surface area contributed by atoms with E-state index in [9.17, 15) is 14.4 Å². The van der Waals surface area contributed by atoms with Gasteiger partial charge in [-0.25, -0.2) is 4.98 Å². The molecule has 9 heteroatoms. The zero-order chi connectivity index (χ0) is 30.2. The first-order valence-electron chi connectivity index (χ1n) is 15.0. The van der Waals surface area contributed by atoms with Gasteiger partial charge >= 0.3 is 0 Å².